The molecule has 1 rings (SSSR count). The largest absolute Gasteiger partial charge is 0.314 e. The minimum Gasteiger partial charge on any atom is -0.314 e. The van der Waals surface area contributed by atoms with Crippen LogP contribution in [-0.4, -0.2) is 12.6 Å². The fourth-order valence-corrected chi connectivity index (χ4v) is 1.72. The minimum atomic E-state index is -0.376. The number of nitrogens with one attached hydrogen (secondary N) is 1. The lowest BCUT2D eigenvalue weighted by Gasteiger charge is -2.14. The highest BCUT2D eigenvalue weighted by Gasteiger charge is 2.05. The van der Waals surface area contributed by atoms with Crippen LogP contribution in [0.4, 0.5) is 8.78 Å². The molecule has 90 valence electrons. The van der Waals surface area contributed by atoms with E-state index in [9.17, 15) is 8.78 Å². The third-order valence-electron chi connectivity index (χ3n) is 2.82. The second-order valence-corrected chi connectivity index (χ2v) is 3.95. The van der Waals surface area contributed by atoms with Gasteiger partial charge in [-0.25, -0.2) is 8.78 Å². The van der Waals surface area contributed by atoms with Gasteiger partial charge in [-0.2, -0.15) is 0 Å². The lowest BCUT2D eigenvalue weighted by molar-refractivity contribution is 0.483. The molecule has 0 aliphatic carbocycles. The second kappa shape index (κ2) is 6.59. The van der Waals surface area contributed by atoms with Crippen molar-refractivity contribution < 1.29 is 8.78 Å². The van der Waals surface area contributed by atoms with E-state index in [1.807, 2.05) is 0 Å². The number of hydrogen-bond acceptors (Lipinski definition) is 1. The highest BCUT2D eigenvalue weighted by atomic mass is 19.1. The molecule has 0 unspecified atom stereocenters. The number of rotatable bonds is 6. The first-order valence-electron chi connectivity index (χ1n) is 5.84. The van der Waals surface area contributed by atoms with Crippen LogP contribution in [0.2, 0.25) is 0 Å². The van der Waals surface area contributed by atoms with Gasteiger partial charge < -0.3 is 5.32 Å². The van der Waals surface area contributed by atoms with E-state index in [2.05, 4.69) is 19.2 Å². The van der Waals surface area contributed by atoms with Gasteiger partial charge in [0.25, 0.3) is 0 Å². The van der Waals surface area contributed by atoms with Crippen molar-refractivity contribution in [3.63, 3.8) is 0 Å². The Bertz CT molecular complexity index is 322. The first-order chi connectivity index (χ1) is 7.67. The number of hydrogen-bond donors (Lipinski definition) is 1. The minimum absolute atomic E-state index is 0.326. The topological polar surface area (TPSA) is 12.0 Å². The third kappa shape index (κ3) is 3.89. The molecule has 0 fully saturated rings. The van der Waals surface area contributed by atoms with E-state index in [1.54, 1.807) is 0 Å². The highest BCUT2D eigenvalue weighted by Crippen LogP contribution is 2.10. The van der Waals surface area contributed by atoms with Gasteiger partial charge in [-0.05, 0) is 49.6 Å². The summed E-state index contributed by atoms with van der Waals surface area (Å²) in [7, 11) is 0. The van der Waals surface area contributed by atoms with Gasteiger partial charge in [-0.3, -0.25) is 0 Å². The molecule has 1 nitrogen and oxygen atoms in total. The van der Waals surface area contributed by atoms with E-state index in [1.165, 1.54) is 12.1 Å². The van der Waals surface area contributed by atoms with Crippen LogP contribution in [0.15, 0.2) is 18.2 Å². The fraction of sp³-hybridized carbons (Fsp3) is 0.538. The van der Waals surface area contributed by atoms with Crippen LogP contribution in [-0.2, 0) is 6.42 Å². The highest BCUT2D eigenvalue weighted by molar-refractivity contribution is 5.18. The van der Waals surface area contributed by atoms with Gasteiger partial charge in [0.1, 0.15) is 11.6 Å². The van der Waals surface area contributed by atoms with Gasteiger partial charge in [-0.15, -0.1) is 0 Å². The lowest BCUT2D eigenvalue weighted by atomic mass is 10.1. The molecule has 0 aliphatic heterocycles. The monoisotopic (exact) mass is 227 g/mol. The zero-order chi connectivity index (χ0) is 12.0. The summed E-state index contributed by atoms with van der Waals surface area (Å²) in [6.45, 7) is 4.92. The molecule has 0 heterocycles. The Labute approximate surface area is 95.9 Å². The molecule has 0 radical (unpaired) electrons. The number of benzene rings is 1. The molecule has 0 aliphatic rings. The Morgan fingerprint density at radius 2 is 1.88 bits per heavy atom. The van der Waals surface area contributed by atoms with Crippen LogP contribution in [0.25, 0.3) is 0 Å². The Kier molecular flexibility index (Phi) is 5.39. The fourth-order valence-electron chi connectivity index (χ4n) is 1.72. The Morgan fingerprint density at radius 3 is 2.50 bits per heavy atom. The van der Waals surface area contributed by atoms with Crippen LogP contribution < -0.4 is 5.32 Å². The third-order valence-corrected chi connectivity index (χ3v) is 2.82. The average molecular weight is 227 g/mol. The molecule has 3 heteroatoms. The summed E-state index contributed by atoms with van der Waals surface area (Å²) in [6, 6.07) is 4.07. The van der Waals surface area contributed by atoms with Crippen LogP contribution in [0.1, 0.15) is 32.3 Å². The zero-order valence-electron chi connectivity index (χ0n) is 9.89. The van der Waals surface area contributed by atoms with E-state index in [-0.39, 0.29) is 11.6 Å². The van der Waals surface area contributed by atoms with E-state index >= 15 is 0 Å². The van der Waals surface area contributed by atoms with Crippen LogP contribution >= 0.6 is 0 Å². The average Bonchev–Trinajstić information content (AvgIpc) is 2.29. The molecule has 0 saturated heterocycles. The SMILES string of the molecule is CCC(CC)NCCc1cc(F)ccc1F. The zero-order valence-corrected chi connectivity index (χ0v) is 9.89. The first kappa shape index (κ1) is 13.1. The summed E-state index contributed by atoms with van der Waals surface area (Å²) in [6.07, 6.45) is 2.64. The first-order valence-corrected chi connectivity index (χ1v) is 5.84. The standard InChI is InChI=1S/C13H19F2N/c1-3-12(4-2)16-8-7-10-9-11(14)5-6-13(10)15/h5-6,9,12,16H,3-4,7-8H2,1-2H3. The van der Waals surface area contributed by atoms with Gasteiger partial charge in [-0.1, -0.05) is 13.8 Å². The maximum absolute atomic E-state index is 13.3. The van der Waals surface area contributed by atoms with E-state index in [4.69, 9.17) is 0 Å². The molecular formula is C13H19F2N. The summed E-state index contributed by atoms with van der Waals surface area (Å²) in [5, 5.41) is 3.33. The van der Waals surface area contributed by atoms with Crippen molar-refractivity contribution in [1.29, 1.82) is 0 Å². The van der Waals surface area contributed by atoms with Crippen LogP contribution in [0, 0.1) is 11.6 Å². The quantitative estimate of drug-likeness (QED) is 0.786. The van der Waals surface area contributed by atoms with E-state index < -0.39 is 0 Å². The molecule has 1 aromatic rings. The summed E-state index contributed by atoms with van der Waals surface area (Å²) in [5.41, 5.74) is 0.443. The second-order valence-electron chi connectivity index (χ2n) is 3.95. The van der Waals surface area contributed by atoms with Crippen molar-refractivity contribution in [1.82, 2.24) is 5.32 Å². The predicted octanol–water partition coefficient (Wildman–Crippen LogP) is 3.29. The normalized spacial score (nSPS) is 11.1. The van der Waals surface area contributed by atoms with Gasteiger partial charge in [0, 0.05) is 6.04 Å². The molecule has 0 amide bonds. The molecule has 0 atom stereocenters. The van der Waals surface area contributed by atoms with Crippen LogP contribution in [0.3, 0.4) is 0 Å². The van der Waals surface area contributed by atoms with Crippen molar-refractivity contribution in [3.8, 4) is 0 Å². The van der Waals surface area contributed by atoms with Crippen molar-refractivity contribution in [2.24, 2.45) is 0 Å². The summed E-state index contributed by atoms with van der Waals surface area (Å²) in [5.74, 6) is -0.702. The van der Waals surface area contributed by atoms with Crippen molar-refractivity contribution in [3.05, 3.63) is 35.4 Å². The number of halogens is 2. The maximum atomic E-state index is 13.3. The molecule has 1 aromatic carbocycles. The Balaban J connectivity index is 2.45. The van der Waals surface area contributed by atoms with Crippen molar-refractivity contribution in [2.45, 2.75) is 39.2 Å². The van der Waals surface area contributed by atoms with Crippen LogP contribution in [0.5, 0.6) is 0 Å². The molecular weight excluding hydrogens is 208 g/mol. The summed E-state index contributed by atoms with van der Waals surface area (Å²) >= 11 is 0. The Morgan fingerprint density at radius 1 is 1.19 bits per heavy atom. The van der Waals surface area contributed by atoms with E-state index in [0.717, 1.165) is 18.9 Å². The van der Waals surface area contributed by atoms with Gasteiger partial charge in [0.05, 0.1) is 0 Å². The van der Waals surface area contributed by atoms with Gasteiger partial charge >= 0.3 is 0 Å². The lowest BCUT2D eigenvalue weighted by Crippen LogP contribution is -2.29. The van der Waals surface area contributed by atoms with E-state index in [0.29, 0.717) is 24.6 Å². The maximum Gasteiger partial charge on any atom is 0.126 e. The molecule has 0 aromatic heterocycles. The molecule has 0 saturated carbocycles. The predicted molar refractivity (Wildman–Crippen MR) is 62.4 cm³/mol. The molecule has 0 spiro atoms. The van der Waals surface area contributed by atoms with Gasteiger partial charge in [0.15, 0.2) is 0 Å². The molecule has 0 bridgehead atoms. The molecule has 16 heavy (non-hydrogen) atoms. The van der Waals surface area contributed by atoms with Crippen molar-refractivity contribution in [2.75, 3.05) is 6.54 Å². The smallest absolute Gasteiger partial charge is 0.126 e. The molecule has 1 N–H and O–H groups in total. The van der Waals surface area contributed by atoms with Crippen molar-refractivity contribution >= 4 is 0 Å². The summed E-state index contributed by atoms with van der Waals surface area (Å²) in [4.78, 5) is 0. The summed E-state index contributed by atoms with van der Waals surface area (Å²) < 4.78 is 26.1. The van der Waals surface area contributed by atoms with Gasteiger partial charge in [0.2, 0.25) is 0 Å². The Hall–Kier alpha value is -0.960.